The maximum atomic E-state index is 10.9. The Morgan fingerprint density at radius 3 is 2.26 bits per heavy atom. The average molecular weight is 263 g/mol. The van der Waals surface area contributed by atoms with Crippen LogP contribution < -0.4 is 0 Å². The van der Waals surface area contributed by atoms with E-state index in [1.54, 1.807) is 0 Å². The second-order valence-electron chi connectivity index (χ2n) is 5.48. The molecular formula is C16H25NO2. The summed E-state index contributed by atoms with van der Waals surface area (Å²) in [5, 5.41) is 8.96. The van der Waals surface area contributed by atoms with Crippen molar-refractivity contribution in [3.63, 3.8) is 0 Å². The highest BCUT2D eigenvalue weighted by Gasteiger charge is 2.23. The first kappa shape index (κ1) is 15.7. The molecule has 0 aliphatic carbocycles. The minimum Gasteiger partial charge on any atom is -0.481 e. The van der Waals surface area contributed by atoms with Crippen LogP contribution in [0.3, 0.4) is 0 Å². The molecule has 3 heteroatoms. The number of aryl methyl sites for hydroxylation is 1. The molecule has 0 radical (unpaired) electrons. The third-order valence-corrected chi connectivity index (χ3v) is 3.45. The fraction of sp³-hybridized carbons (Fsp3) is 0.562. The average Bonchev–Trinajstić information content (AvgIpc) is 2.30. The number of benzene rings is 1. The lowest BCUT2D eigenvalue weighted by Gasteiger charge is -2.30. The zero-order chi connectivity index (χ0) is 14.4. The predicted octanol–water partition coefficient (Wildman–Crippen LogP) is 3.35. The van der Waals surface area contributed by atoms with Crippen LogP contribution in [0.2, 0.25) is 0 Å². The molecular weight excluding hydrogens is 238 g/mol. The molecule has 0 bridgehead atoms. The van der Waals surface area contributed by atoms with Crippen LogP contribution in [0.4, 0.5) is 0 Å². The van der Waals surface area contributed by atoms with Gasteiger partial charge in [0.1, 0.15) is 0 Å². The quantitative estimate of drug-likeness (QED) is 0.820. The maximum Gasteiger partial charge on any atom is 0.303 e. The van der Waals surface area contributed by atoms with Crippen LogP contribution >= 0.6 is 0 Å². The van der Waals surface area contributed by atoms with Crippen molar-refractivity contribution >= 4 is 5.97 Å². The van der Waals surface area contributed by atoms with Crippen LogP contribution in [0, 0.1) is 5.92 Å². The van der Waals surface area contributed by atoms with E-state index >= 15 is 0 Å². The summed E-state index contributed by atoms with van der Waals surface area (Å²) < 4.78 is 0. The number of hydrogen-bond acceptors (Lipinski definition) is 2. The number of carboxylic acids is 1. The minimum atomic E-state index is -0.734. The number of carboxylic acid groups (broad SMARTS) is 1. The molecule has 19 heavy (non-hydrogen) atoms. The molecule has 0 amide bonds. The molecule has 0 saturated carbocycles. The van der Waals surface area contributed by atoms with Crippen molar-refractivity contribution in [3.8, 4) is 0 Å². The SMILES string of the molecule is CCCc1ccc(C(C(C)CC(=O)O)N(C)C)cc1. The Bertz CT molecular complexity index is 398. The van der Waals surface area contributed by atoms with E-state index in [4.69, 9.17) is 5.11 Å². The molecule has 2 atom stereocenters. The molecule has 0 aromatic heterocycles. The zero-order valence-electron chi connectivity index (χ0n) is 12.4. The Morgan fingerprint density at radius 1 is 1.26 bits per heavy atom. The lowest BCUT2D eigenvalue weighted by Crippen LogP contribution is -2.27. The maximum absolute atomic E-state index is 10.9. The summed E-state index contributed by atoms with van der Waals surface area (Å²) in [5.74, 6) is -0.647. The molecule has 0 saturated heterocycles. The highest BCUT2D eigenvalue weighted by atomic mass is 16.4. The normalized spacial score (nSPS) is 14.4. The molecule has 0 fully saturated rings. The van der Waals surface area contributed by atoms with Crippen molar-refractivity contribution in [1.29, 1.82) is 0 Å². The molecule has 0 spiro atoms. The van der Waals surface area contributed by atoms with Crippen LogP contribution in [0.5, 0.6) is 0 Å². The van der Waals surface area contributed by atoms with Gasteiger partial charge in [-0.2, -0.15) is 0 Å². The molecule has 2 unspecified atom stereocenters. The molecule has 106 valence electrons. The third-order valence-electron chi connectivity index (χ3n) is 3.45. The highest BCUT2D eigenvalue weighted by molar-refractivity contribution is 5.67. The second kappa shape index (κ2) is 7.29. The van der Waals surface area contributed by atoms with Gasteiger partial charge in [-0.3, -0.25) is 4.79 Å². The van der Waals surface area contributed by atoms with Gasteiger partial charge in [0.25, 0.3) is 0 Å². The lowest BCUT2D eigenvalue weighted by molar-refractivity contribution is -0.138. The summed E-state index contributed by atoms with van der Waals surface area (Å²) in [6.45, 7) is 4.17. The van der Waals surface area contributed by atoms with Gasteiger partial charge in [0.15, 0.2) is 0 Å². The van der Waals surface area contributed by atoms with E-state index in [-0.39, 0.29) is 18.4 Å². The molecule has 1 rings (SSSR count). The van der Waals surface area contributed by atoms with Crippen LogP contribution in [0.1, 0.15) is 43.9 Å². The first-order chi connectivity index (χ1) is 8.95. The van der Waals surface area contributed by atoms with Crippen molar-refractivity contribution in [3.05, 3.63) is 35.4 Å². The molecule has 0 aliphatic heterocycles. The smallest absolute Gasteiger partial charge is 0.303 e. The third kappa shape index (κ3) is 4.67. The number of hydrogen-bond donors (Lipinski definition) is 1. The van der Waals surface area contributed by atoms with Crippen molar-refractivity contribution < 1.29 is 9.90 Å². The van der Waals surface area contributed by atoms with E-state index in [9.17, 15) is 4.79 Å². The molecule has 0 aliphatic rings. The monoisotopic (exact) mass is 263 g/mol. The van der Waals surface area contributed by atoms with Gasteiger partial charge in [-0.15, -0.1) is 0 Å². The van der Waals surface area contributed by atoms with Gasteiger partial charge in [-0.05, 0) is 37.6 Å². The van der Waals surface area contributed by atoms with Gasteiger partial charge in [0.2, 0.25) is 0 Å². The molecule has 1 aromatic carbocycles. The first-order valence-electron chi connectivity index (χ1n) is 6.92. The van der Waals surface area contributed by atoms with Crippen molar-refractivity contribution in [2.45, 2.75) is 39.2 Å². The predicted molar refractivity (Wildman–Crippen MR) is 78.3 cm³/mol. The van der Waals surface area contributed by atoms with E-state index < -0.39 is 5.97 Å². The Morgan fingerprint density at radius 2 is 1.84 bits per heavy atom. The molecule has 0 heterocycles. The topological polar surface area (TPSA) is 40.5 Å². The first-order valence-corrected chi connectivity index (χ1v) is 6.92. The fourth-order valence-electron chi connectivity index (χ4n) is 2.69. The van der Waals surface area contributed by atoms with Gasteiger partial charge in [-0.25, -0.2) is 0 Å². The van der Waals surface area contributed by atoms with E-state index in [0.717, 1.165) is 12.8 Å². The molecule has 3 nitrogen and oxygen atoms in total. The van der Waals surface area contributed by atoms with E-state index in [1.165, 1.54) is 11.1 Å². The van der Waals surface area contributed by atoms with Crippen LogP contribution in [-0.2, 0) is 11.2 Å². The largest absolute Gasteiger partial charge is 0.481 e. The Hall–Kier alpha value is -1.35. The summed E-state index contributed by atoms with van der Waals surface area (Å²) in [6.07, 6.45) is 2.43. The van der Waals surface area contributed by atoms with E-state index in [1.807, 2.05) is 21.0 Å². The van der Waals surface area contributed by atoms with Crippen LogP contribution in [0.25, 0.3) is 0 Å². The summed E-state index contributed by atoms with van der Waals surface area (Å²) in [7, 11) is 4.01. The number of rotatable bonds is 7. The zero-order valence-corrected chi connectivity index (χ0v) is 12.4. The molecule has 1 N–H and O–H groups in total. The Labute approximate surface area is 116 Å². The summed E-state index contributed by atoms with van der Waals surface area (Å²) in [6, 6.07) is 8.72. The van der Waals surface area contributed by atoms with Gasteiger partial charge in [0.05, 0.1) is 0 Å². The second-order valence-corrected chi connectivity index (χ2v) is 5.48. The summed E-state index contributed by atoms with van der Waals surface area (Å²) in [5.41, 5.74) is 2.54. The van der Waals surface area contributed by atoms with Crippen LogP contribution in [-0.4, -0.2) is 30.1 Å². The standard InChI is InChI=1S/C16H25NO2/c1-5-6-13-7-9-14(10-8-13)16(17(3)4)12(2)11-15(18)19/h7-10,12,16H,5-6,11H2,1-4H3,(H,18,19). The number of nitrogens with zero attached hydrogens (tertiary/aromatic N) is 1. The molecule has 1 aromatic rings. The van der Waals surface area contributed by atoms with E-state index in [2.05, 4.69) is 36.1 Å². The van der Waals surface area contributed by atoms with E-state index in [0.29, 0.717) is 0 Å². The Balaban J connectivity index is 2.89. The van der Waals surface area contributed by atoms with Crippen LogP contribution in [0.15, 0.2) is 24.3 Å². The van der Waals surface area contributed by atoms with Crippen molar-refractivity contribution in [2.75, 3.05) is 14.1 Å². The summed E-state index contributed by atoms with van der Waals surface area (Å²) in [4.78, 5) is 13.0. The number of carbonyl (C=O) groups is 1. The lowest BCUT2D eigenvalue weighted by atomic mass is 9.90. The summed E-state index contributed by atoms with van der Waals surface area (Å²) >= 11 is 0. The highest BCUT2D eigenvalue weighted by Crippen LogP contribution is 2.29. The van der Waals surface area contributed by atoms with Gasteiger partial charge < -0.3 is 10.0 Å². The van der Waals surface area contributed by atoms with Gasteiger partial charge >= 0.3 is 5.97 Å². The fourth-order valence-corrected chi connectivity index (χ4v) is 2.69. The number of aliphatic carboxylic acids is 1. The van der Waals surface area contributed by atoms with Crippen molar-refractivity contribution in [1.82, 2.24) is 4.90 Å². The Kier molecular flexibility index (Phi) is 6.03. The van der Waals surface area contributed by atoms with Gasteiger partial charge in [0, 0.05) is 12.5 Å². The van der Waals surface area contributed by atoms with Gasteiger partial charge in [-0.1, -0.05) is 44.5 Å². The van der Waals surface area contributed by atoms with Crippen molar-refractivity contribution in [2.24, 2.45) is 5.92 Å². The minimum absolute atomic E-state index is 0.0875.